The van der Waals surface area contributed by atoms with Gasteiger partial charge in [-0.2, -0.15) is 5.10 Å². The van der Waals surface area contributed by atoms with Crippen molar-refractivity contribution in [3.05, 3.63) is 66.1 Å². The Morgan fingerprint density at radius 1 is 1.03 bits per heavy atom. The smallest absolute Gasteiger partial charge is 0.495 e. The Kier molecular flexibility index (Phi) is 5.86. The van der Waals surface area contributed by atoms with Gasteiger partial charge in [-0.3, -0.25) is 4.72 Å². The zero-order valence-corrected chi connectivity index (χ0v) is 19.0. The number of aryl methyl sites for hydroxylation is 2. The Balaban J connectivity index is 1.71. The van der Waals surface area contributed by atoms with Gasteiger partial charge < -0.3 is 9.47 Å². The second-order valence-electron chi connectivity index (χ2n) is 7.38. The van der Waals surface area contributed by atoms with Gasteiger partial charge in [-0.1, -0.05) is 6.07 Å². The lowest BCUT2D eigenvalue weighted by Crippen LogP contribution is -2.17. The summed E-state index contributed by atoms with van der Waals surface area (Å²) in [7, 11) is -2.84. The molecule has 2 aromatic carbocycles. The molecule has 2 heterocycles. The Morgan fingerprint density at radius 2 is 1.74 bits per heavy atom. The summed E-state index contributed by atoms with van der Waals surface area (Å²) in [4.78, 5) is 4.36. The van der Waals surface area contributed by atoms with E-state index >= 15 is 0 Å². The van der Waals surface area contributed by atoms with Gasteiger partial charge >= 0.3 is 6.36 Å². The molecule has 0 amide bonds. The average molecular weight is 492 g/mol. The number of anilines is 1. The Morgan fingerprint density at radius 3 is 2.38 bits per heavy atom. The summed E-state index contributed by atoms with van der Waals surface area (Å²) in [5.74, 6) is -0.383. The number of nitrogens with zero attached hydrogens (tertiary/aromatic N) is 3. The number of sulfonamides is 1. The van der Waals surface area contributed by atoms with Crippen molar-refractivity contribution < 1.29 is 31.1 Å². The van der Waals surface area contributed by atoms with Crippen LogP contribution < -0.4 is 14.2 Å². The van der Waals surface area contributed by atoms with Gasteiger partial charge in [0.2, 0.25) is 0 Å². The van der Waals surface area contributed by atoms with E-state index in [4.69, 9.17) is 4.74 Å². The summed E-state index contributed by atoms with van der Waals surface area (Å²) in [6.45, 7) is 3.74. The molecule has 0 saturated heterocycles. The van der Waals surface area contributed by atoms with Crippen molar-refractivity contribution in [2.45, 2.75) is 25.1 Å². The Bertz CT molecular complexity index is 1470. The second kappa shape index (κ2) is 8.52. The van der Waals surface area contributed by atoms with E-state index in [1.165, 1.54) is 19.2 Å². The van der Waals surface area contributed by atoms with E-state index in [9.17, 15) is 21.6 Å². The lowest BCUT2D eigenvalue weighted by Gasteiger charge is -2.14. The first kappa shape index (κ1) is 23.4. The zero-order valence-electron chi connectivity index (χ0n) is 18.2. The molecule has 0 bridgehead atoms. The van der Waals surface area contributed by atoms with Gasteiger partial charge in [-0.25, -0.2) is 17.9 Å². The Hall–Kier alpha value is -3.80. The number of hydrogen-bond acceptors (Lipinski definition) is 6. The first-order chi connectivity index (χ1) is 16.0. The minimum atomic E-state index is -4.85. The average Bonchev–Trinajstić information content (AvgIpc) is 3.17. The van der Waals surface area contributed by atoms with Crippen molar-refractivity contribution in [1.82, 2.24) is 14.6 Å². The number of hydrogen-bond donors (Lipinski definition) is 1. The fourth-order valence-corrected chi connectivity index (χ4v) is 4.72. The number of nitrogens with one attached hydrogen (secondary N) is 1. The van der Waals surface area contributed by atoms with Crippen molar-refractivity contribution in [3.63, 3.8) is 0 Å². The van der Waals surface area contributed by atoms with Crippen molar-refractivity contribution in [3.8, 4) is 22.6 Å². The molecular formula is C22H19F3N4O4S. The molecule has 0 aliphatic rings. The molecule has 8 nitrogen and oxygen atoms in total. The third-order valence-electron chi connectivity index (χ3n) is 4.88. The predicted molar refractivity (Wildman–Crippen MR) is 118 cm³/mol. The second-order valence-corrected chi connectivity index (χ2v) is 9.03. The summed E-state index contributed by atoms with van der Waals surface area (Å²) in [5.41, 5.74) is 3.44. The van der Waals surface area contributed by atoms with Gasteiger partial charge in [0, 0.05) is 22.6 Å². The standard InChI is InChI=1S/C22H19F3N4O4S/c1-13-10-14(2)29-21(27-13)18(12-26-29)15-4-9-19(32-3)20(11-15)34(30,31)28-16-5-7-17(8-6-16)33-22(23,24)25/h4-12,28H,1-3H3. The summed E-state index contributed by atoms with van der Waals surface area (Å²) < 4.78 is 76.4. The van der Waals surface area contributed by atoms with Gasteiger partial charge in [-0.05, 0) is 61.9 Å². The molecule has 0 radical (unpaired) electrons. The first-order valence-corrected chi connectivity index (χ1v) is 11.3. The number of fused-ring (bicyclic) bond motifs is 1. The van der Waals surface area contributed by atoms with Gasteiger partial charge in [0.15, 0.2) is 5.65 Å². The van der Waals surface area contributed by atoms with Crippen molar-refractivity contribution in [2.75, 3.05) is 11.8 Å². The van der Waals surface area contributed by atoms with Crippen molar-refractivity contribution >= 4 is 21.4 Å². The zero-order chi connectivity index (χ0) is 24.7. The highest BCUT2D eigenvalue weighted by Crippen LogP contribution is 2.33. The molecule has 0 saturated carbocycles. The van der Waals surface area contributed by atoms with Crippen molar-refractivity contribution in [1.29, 1.82) is 0 Å². The molecule has 0 aliphatic heterocycles. The lowest BCUT2D eigenvalue weighted by molar-refractivity contribution is -0.274. The molecule has 178 valence electrons. The summed E-state index contributed by atoms with van der Waals surface area (Å²) >= 11 is 0. The fourth-order valence-electron chi connectivity index (χ4n) is 3.46. The van der Waals surface area contributed by atoms with E-state index in [0.717, 1.165) is 35.7 Å². The van der Waals surface area contributed by atoms with Crippen LogP contribution in [0.4, 0.5) is 18.9 Å². The number of alkyl halides is 3. The van der Waals surface area contributed by atoms with E-state index in [0.29, 0.717) is 16.8 Å². The number of benzene rings is 2. The van der Waals surface area contributed by atoms with Crippen LogP contribution in [-0.4, -0.2) is 36.5 Å². The number of ether oxygens (including phenoxy) is 2. The third kappa shape index (κ3) is 4.76. The molecule has 0 aliphatic carbocycles. The third-order valence-corrected chi connectivity index (χ3v) is 6.28. The van der Waals surface area contributed by atoms with Crippen LogP contribution in [0.2, 0.25) is 0 Å². The van der Waals surface area contributed by atoms with Crippen LogP contribution >= 0.6 is 0 Å². The number of aromatic nitrogens is 3. The van der Waals surface area contributed by atoms with Crippen LogP contribution in [0, 0.1) is 13.8 Å². The first-order valence-electron chi connectivity index (χ1n) is 9.86. The lowest BCUT2D eigenvalue weighted by atomic mass is 10.1. The van der Waals surface area contributed by atoms with Crippen molar-refractivity contribution in [2.24, 2.45) is 0 Å². The van der Waals surface area contributed by atoms with E-state index in [1.807, 2.05) is 19.9 Å². The maximum Gasteiger partial charge on any atom is 0.573 e. The normalized spacial score (nSPS) is 12.1. The quantitative estimate of drug-likeness (QED) is 0.419. The highest BCUT2D eigenvalue weighted by atomic mass is 32.2. The maximum atomic E-state index is 13.1. The summed E-state index contributed by atoms with van der Waals surface area (Å²) in [5, 5.41) is 4.34. The number of halogens is 3. The van der Waals surface area contributed by atoms with Crippen LogP contribution in [0.25, 0.3) is 16.8 Å². The van der Waals surface area contributed by atoms with Gasteiger partial charge in [0.1, 0.15) is 16.4 Å². The molecule has 0 fully saturated rings. The number of methoxy groups -OCH3 is 1. The molecule has 0 spiro atoms. The predicted octanol–water partition coefficient (Wildman–Crippen LogP) is 4.72. The Labute approximate surface area is 193 Å². The molecule has 0 atom stereocenters. The minimum Gasteiger partial charge on any atom is -0.495 e. The molecule has 12 heteroatoms. The summed E-state index contributed by atoms with van der Waals surface area (Å²) in [6.07, 6.45) is -3.25. The highest BCUT2D eigenvalue weighted by molar-refractivity contribution is 7.92. The summed E-state index contributed by atoms with van der Waals surface area (Å²) in [6, 6.07) is 10.9. The van der Waals surface area contributed by atoms with Gasteiger partial charge in [-0.15, -0.1) is 13.2 Å². The number of rotatable bonds is 6. The molecule has 0 unspecified atom stereocenters. The molecular weight excluding hydrogens is 473 g/mol. The van der Waals surface area contributed by atoms with Crippen LogP contribution in [-0.2, 0) is 10.0 Å². The topological polar surface area (TPSA) is 94.8 Å². The molecule has 1 N–H and O–H groups in total. The molecule has 34 heavy (non-hydrogen) atoms. The van der Waals surface area contributed by atoms with E-state index in [1.54, 1.807) is 16.8 Å². The van der Waals surface area contributed by atoms with Crippen LogP contribution in [0.1, 0.15) is 11.4 Å². The molecule has 2 aromatic heterocycles. The van der Waals surface area contributed by atoms with E-state index < -0.39 is 22.1 Å². The van der Waals surface area contributed by atoms with Gasteiger partial charge in [0.05, 0.1) is 13.3 Å². The minimum absolute atomic E-state index is 0.0471. The van der Waals surface area contributed by atoms with Crippen LogP contribution in [0.3, 0.4) is 0 Å². The molecule has 4 rings (SSSR count). The van der Waals surface area contributed by atoms with E-state index in [2.05, 4.69) is 19.5 Å². The highest BCUT2D eigenvalue weighted by Gasteiger charge is 2.31. The maximum absolute atomic E-state index is 13.1. The largest absolute Gasteiger partial charge is 0.573 e. The monoisotopic (exact) mass is 492 g/mol. The SMILES string of the molecule is COc1ccc(-c2cnn3c(C)cc(C)nc23)cc1S(=O)(=O)Nc1ccc(OC(F)(F)F)cc1. The molecule has 4 aromatic rings. The van der Waals surface area contributed by atoms with E-state index in [-0.39, 0.29) is 16.3 Å². The van der Waals surface area contributed by atoms with Crippen LogP contribution in [0.5, 0.6) is 11.5 Å². The van der Waals surface area contributed by atoms with Gasteiger partial charge in [0.25, 0.3) is 10.0 Å². The van der Waals surface area contributed by atoms with Crippen LogP contribution in [0.15, 0.2) is 59.6 Å². The fraction of sp³-hybridized carbons (Fsp3) is 0.182.